The third-order valence-corrected chi connectivity index (χ3v) is 5.35. The zero-order chi connectivity index (χ0) is 13.1. The fourth-order valence-electron chi connectivity index (χ4n) is 2.79. The summed E-state index contributed by atoms with van der Waals surface area (Å²) >= 11 is 1.99. The van der Waals surface area contributed by atoms with Gasteiger partial charge >= 0.3 is 0 Å². The number of methoxy groups -OCH3 is 1. The smallest absolute Gasteiger partial charge is 0.106 e. The molecule has 1 aromatic rings. The van der Waals surface area contributed by atoms with E-state index in [0.29, 0.717) is 11.9 Å². The second-order valence-corrected chi connectivity index (χ2v) is 6.71. The molecule has 2 heterocycles. The van der Waals surface area contributed by atoms with Crippen LogP contribution < -0.4 is 5.32 Å². The van der Waals surface area contributed by atoms with Gasteiger partial charge in [0.05, 0.1) is 6.61 Å². The second kappa shape index (κ2) is 5.83. The van der Waals surface area contributed by atoms with E-state index in [4.69, 9.17) is 9.47 Å². The Morgan fingerprint density at radius 3 is 3.11 bits per heavy atom. The van der Waals surface area contributed by atoms with Crippen molar-refractivity contribution < 1.29 is 9.47 Å². The van der Waals surface area contributed by atoms with Crippen molar-refractivity contribution in [1.82, 2.24) is 5.32 Å². The Labute approximate surface area is 119 Å². The summed E-state index contributed by atoms with van der Waals surface area (Å²) in [6.07, 6.45) is 2.17. The quantitative estimate of drug-likeness (QED) is 0.894. The van der Waals surface area contributed by atoms with Crippen LogP contribution in [0.2, 0.25) is 0 Å². The summed E-state index contributed by atoms with van der Waals surface area (Å²) in [5.74, 6) is 0. The van der Waals surface area contributed by atoms with Crippen molar-refractivity contribution in [2.75, 3.05) is 33.4 Å². The maximum absolute atomic E-state index is 5.63. The first kappa shape index (κ1) is 13.4. The maximum Gasteiger partial charge on any atom is 0.106 e. The van der Waals surface area contributed by atoms with Crippen LogP contribution >= 0.6 is 11.8 Å². The normalized spacial score (nSPS) is 29.6. The van der Waals surface area contributed by atoms with Gasteiger partial charge in [-0.2, -0.15) is 0 Å². The van der Waals surface area contributed by atoms with Crippen LogP contribution in [0.25, 0.3) is 0 Å². The number of hydrogen-bond acceptors (Lipinski definition) is 4. The van der Waals surface area contributed by atoms with Gasteiger partial charge in [-0.3, -0.25) is 0 Å². The first-order valence-electron chi connectivity index (χ1n) is 6.89. The second-order valence-electron chi connectivity index (χ2n) is 5.37. The molecule has 3 rings (SSSR count). The van der Waals surface area contributed by atoms with E-state index in [9.17, 15) is 0 Å². The van der Waals surface area contributed by atoms with Crippen molar-refractivity contribution in [3.8, 4) is 0 Å². The Morgan fingerprint density at radius 1 is 1.47 bits per heavy atom. The van der Waals surface area contributed by atoms with Crippen molar-refractivity contribution in [2.45, 2.75) is 28.6 Å². The average Bonchev–Trinajstić information content (AvgIpc) is 3.05. The average molecular weight is 279 g/mol. The molecule has 1 N–H and O–H groups in total. The molecule has 0 spiro atoms. The van der Waals surface area contributed by atoms with Gasteiger partial charge in [0.25, 0.3) is 0 Å². The van der Waals surface area contributed by atoms with Crippen molar-refractivity contribution in [3.05, 3.63) is 29.8 Å². The molecule has 2 atom stereocenters. The standard InChI is InChI=1S/C15H21NO2S/c1-17-15(6-7-18-11-15)10-16-9-13-8-12-4-2-3-5-14(12)19-13/h2-5,13,16H,6-11H2,1H3. The highest BCUT2D eigenvalue weighted by Gasteiger charge is 2.34. The number of ether oxygens (including phenoxy) is 2. The van der Waals surface area contributed by atoms with E-state index in [1.54, 1.807) is 7.11 Å². The lowest BCUT2D eigenvalue weighted by atomic mass is 10.0. The van der Waals surface area contributed by atoms with Crippen molar-refractivity contribution in [2.24, 2.45) is 0 Å². The zero-order valence-electron chi connectivity index (χ0n) is 11.4. The molecular weight excluding hydrogens is 258 g/mol. The van der Waals surface area contributed by atoms with E-state index in [0.717, 1.165) is 26.1 Å². The molecular formula is C15H21NO2S. The number of benzene rings is 1. The van der Waals surface area contributed by atoms with E-state index in [1.165, 1.54) is 16.9 Å². The highest BCUT2D eigenvalue weighted by atomic mass is 32.2. The molecule has 1 aromatic carbocycles. The molecule has 104 valence electrons. The minimum atomic E-state index is -0.101. The lowest BCUT2D eigenvalue weighted by molar-refractivity contribution is -0.0155. The highest BCUT2D eigenvalue weighted by molar-refractivity contribution is 8.00. The fraction of sp³-hybridized carbons (Fsp3) is 0.600. The molecule has 2 unspecified atom stereocenters. The number of fused-ring (bicyclic) bond motifs is 1. The van der Waals surface area contributed by atoms with Gasteiger partial charge in [0.15, 0.2) is 0 Å². The lowest BCUT2D eigenvalue weighted by Gasteiger charge is -2.26. The van der Waals surface area contributed by atoms with Crippen molar-refractivity contribution >= 4 is 11.8 Å². The molecule has 4 heteroatoms. The number of thioether (sulfide) groups is 1. The summed E-state index contributed by atoms with van der Waals surface area (Å²) in [6, 6.07) is 8.72. The Morgan fingerprint density at radius 2 is 2.37 bits per heavy atom. The molecule has 0 aromatic heterocycles. The fourth-order valence-corrected chi connectivity index (χ4v) is 4.07. The number of hydrogen-bond donors (Lipinski definition) is 1. The van der Waals surface area contributed by atoms with Gasteiger partial charge in [-0.15, -0.1) is 11.8 Å². The molecule has 19 heavy (non-hydrogen) atoms. The van der Waals surface area contributed by atoms with E-state index in [2.05, 4.69) is 29.6 Å². The predicted molar refractivity (Wildman–Crippen MR) is 77.8 cm³/mol. The van der Waals surface area contributed by atoms with Gasteiger partial charge in [0.2, 0.25) is 0 Å². The molecule has 0 aliphatic carbocycles. The van der Waals surface area contributed by atoms with Crippen LogP contribution in [0.1, 0.15) is 12.0 Å². The van der Waals surface area contributed by atoms with Gasteiger partial charge in [-0.05, 0) is 18.1 Å². The van der Waals surface area contributed by atoms with Crippen LogP contribution in [0.5, 0.6) is 0 Å². The van der Waals surface area contributed by atoms with Crippen LogP contribution in [0, 0.1) is 0 Å². The van der Waals surface area contributed by atoms with Gasteiger partial charge in [-0.25, -0.2) is 0 Å². The summed E-state index contributed by atoms with van der Waals surface area (Å²) in [5.41, 5.74) is 1.39. The van der Waals surface area contributed by atoms with Crippen molar-refractivity contribution in [3.63, 3.8) is 0 Å². The molecule has 0 bridgehead atoms. The SMILES string of the molecule is COC1(CNCC2Cc3ccccc3S2)CCOC1. The van der Waals surface area contributed by atoms with Crippen LogP contribution in [0.3, 0.4) is 0 Å². The Kier molecular flexibility index (Phi) is 4.12. The van der Waals surface area contributed by atoms with Crippen molar-refractivity contribution in [1.29, 1.82) is 0 Å². The summed E-state index contributed by atoms with van der Waals surface area (Å²) in [5, 5.41) is 4.22. The molecule has 3 nitrogen and oxygen atoms in total. The molecule has 2 aliphatic rings. The van der Waals surface area contributed by atoms with Gasteiger partial charge in [0.1, 0.15) is 5.60 Å². The monoisotopic (exact) mass is 279 g/mol. The summed E-state index contributed by atoms with van der Waals surface area (Å²) in [4.78, 5) is 1.44. The van der Waals surface area contributed by atoms with E-state index >= 15 is 0 Å². The molecule has 1 fully saturated rings. The summed E-state index contributed by atoms with van der Waals surface area (Å²) < 4.78 is 11.1. The largest absolute Gasteiger partial charge is 0.378 e. The van der Waals surface area contributed by atoms with Gasteiger partial charge in [-0.1, -0.05) is 18.2 Å². The zero-order valence-corrected chi connectivity index (χ0v) is 12.2. The number of nitrogens with one attached hydrogen (secondary N) is 1. The highest BCUT2D eigenvalue weighted by Crippen LogP contribution is 2.36. The first-order valence-corrected chi connectivity index (χ1v) is 7.77. The lowest BCUT2D eigenvalue weighted by Crippen LogP contribution is -2.44. The summed E-state index contributed by atoms with van der Waals surface area (Å²) in [6.45, 7) is 3.45. The predicted octanol–water partition coefficient (Wildman–Crippen LogP) is 2.10. The minimum absolute atomic E-state index is 0.101. The van der Waals surface area contributed by atoms with E-state index in [-0.39, 0.29) is 5.60 Å². The van der Waals surface area contributed by atoms with Crippen LogP contribution in [0.15, 0.2) is 29.2 Å². The number of rotatable bonds is 5. The topological polar surface area (TPSA) is 30.5 Å². The molecule has 0 saturated carbocycles. The molecule has 0 amide bonds. The molecule has 1 saturated heterocycles. The minimum Gasteiger partial charge on any atom is -0.378 e. The van der Waals surface area contributed by atoms with Crippen LogP contribution in [-0.2, 0) is 15.9 Å². The first-order chi connectivity index (χ1) is 9.31. The van der Waals surface area contributed by atoms with Crippen LogP contribution in [-0.4, -0.2) is 44.3 Å². The molecule has 0 radical (unpaired) electrons. The van der Waals surface area contributed by atoms with E-state index < -0.39 is 0 Å². The van der Waals surface area contributed by atoms with E-state index in [1.807, 2.05) is 11.8 Å². The Bertz CT molecular complexity index is 407. The Hall–Kier alpha value is -0.550. The van der Waals surface area contributed by atoms with Gasteiger partial charge in [0, 0.05) is 43.4 Å². The summed E-state index contributed by atoms with van der Waals surface area (Å²) in [7, 11) is 1.79. The van der Waals surface area contributed by atoms with Gasteiger partial charge < -0.3 is 14.8 Å². The third-order valence-electron chi connectivity index (χ3n) is 4.03. The third kappa shape index (κ3) is 2.97. The molecule has 2 aliphatic heterocycles. The Balaban J connectivity index is 1.47. The van der Waals surface area contributed by atoms with Crippen LogP contribution in [0.4, 0.5) is 0 Å². The maximum atomic E-state index is 5.63.